The number of nitrogens with one attached hydrogen (secondary N) is 1. The van der Waals surface area contributed by atoms with Gasteiger partial charge in [-0.15, -0.1) is 0 Å². The number of hydrogen-bond acceptors (Lipinski definition) is 5. The van der Waals surface area contributed by atoms with Crippen LogP contribution in [0, 0.1) is 17.0 Å². The van der Waals surface area contributed by atoms with E-state index >= 15 is 0 Å². The third-order valence-corrected chi connectivity index (χ3v) is 6.18. The molecule has 9 heteroatoms. The molecule has 0 atom stereocenters. The summed E-state index contributed by atoms with van der Waals surface area (Å²) >= 11 is 6.09. The van der Waals surface area contributed by atoms with Crippen LogP contribution in [0.1, 0.15) is 15.9 Å². The number of hydrogen-bond donors (Lipinski definition) is 1. The van der Waals surface area contributed by atoms with E-state index in [-0.39, 0.29) is 17.1 Å². The highest BCUT2D eigenvalue weighted by Crippen LogP contribution is 2.32. The quantitative estimate of drug-likeness (QED) is 0.176. The number of aryl methyl sites for hydroxylation is 1. The summed E-state index contributed by atoms with van der Waals surface area (Å²) in [5, 5.41) is 19.6. The van der Waals surface area contributed by atoms with Gasteiger partial charge in [0.2, 0.25) is 0 Å². The predicted octanol–water partition coefficient (Wildman–Crippen LogP) is 7.45. The van der Waals surface area contributed by atoms with E-state index in [0.717, 1.165) is 16.8 Å². The lowest BCUT2D eigenvalue weighted by Crippen LogP contribution is -2.12. The summed E-state index contributed by atoms with van der Waals surface area (Å²) in [5.74, 6) is 0.180. The van der Waals surface area contributed by atoms with Crippen molar-refractivity contribution in [2.45, 2.75) is 6.92 Å². The fraction of sp³-hybridized carbons (Fsp3) is 0.0345. The highest BCUT2D eigenvalue weighted by Gasteiger charge is 2.20. The summed E-state index contributed by atoms with van der Waals surface area (Å²) in [6, 6.07) is 27.9. The monoisotopic (exact) mass is 524 g/mol. The second kappa shape index (κ2) is 10.6. The molecular weight excluding hydrogens is 504 g/mol. The van der Waals surface area contributed by atoms with Crippen molar-refractivity contribution in [3.8, 4) is 28.4 Å². The van der Waals surface area contributed by atoms with Gasteiger partial charge in [-0.05, 0) is 42.8 Å². The Morgan fingerprint density at radius 2 is 1.66 bits per heavy atom. The molecule has 0 saturated carbocycles. The SMILES string of the molecule is Cc1cc(Oc2cc(NC(=O)c3cn(-c4ccccc4)nc3-c3ccccc3)cc([N+](=O)[O-])c2)ccc1Cl. The molecule has 5 aromatic rings. The van der Waals surface area contributed by atoms with Gasteiger partial charge in [-0.3, -0.25) is 14.9 Å². The molecule has 0 fully saturated rings. The van der Waals surface area contributed by atoms with Gasteiger partial charge < -0.3 is 10.1 Å². The van der Waals surface area contributed by atoms with Crippen LogP contribution in [0.2, 0.25) is 5.02 Å². The Balaban J connectivity index is 1.50. The van der Waals surface area contributed by atoms with Gasteiger partial charge in [0.05, 0.1) is 27.9 Å². The number of ether oxygens (including phenoxy) is 1. The molecule has 0 saturated heterocycles. The maximum Gasteiger partial charge on any atom is 0.275 e. The van der Waals surface area contributed by atoms with Crippen molar-refractivity contribution in [3.63, 3.8) is 0 Å². The van der Waals surface area contributed by atoms with Crippen molar-refractivity contribution in [1.82, 2.24) is 9.78 Å². The first-order valence-electron chi connectivity index (χ1n) is 11.6. The van der Waals surface area contributed by atoms with Gasteiger partial charge >= 0.3 is 0 Å². The molecule has 1 N–H and O–H groups in total. The molecule has 8 nitrogen and oxygen atoms in total. The van der Waals surface area contributed by atoms with Crippen LogP contribution in [-0.2, 0) is 0 Å². The number of non-ortho nitro benzene ring substituents is 1. The number of carbonyl (C=O) groups excluding carboxylic acids is 1. The van der Waals surface area contributed by atoms with E-state index in [1.54, 1.807) is 29.1 Å². The minimum Gasteiger partial charge on any atom is -0.457 e. The molecule has 4 aromatic carbocycles. The molecule has 0 unspecified atom stereocenters. The van der Waals surface area contributed by atoms with Crippen molar-refractivity contribution < 1.29 is 14.5 Å². The van der Waals surface area contributed by atoms with Crippen LogP contribution in [0.3, 0.4) is 0 Å². The number of carbonyl (C=O) groups is 1. The molecule has 0 aliphatic carbocycles. The molecule has 0 radical (unpaired) electrons. The zero-order chi connectivity index (χ0) is 26.6. The van der Waals surface area contributed by atoms with Gasteiger partial charge in [0.15, 0.2) is 0 Å². The first kappa shape index (κ1) is 24.7. The van der Waals surface area contributed by atoms with Crippen molar-refractivity contribution in [1.29, 1.82) is 0 Å². The Kier molecular flexibility index (Phi) is 6.88. The Labute approximate surface area is 223 Å². The summed E-state index contributed by atoms with van der Waals surface area (Å²) in [5.41, 5.74) is 3.10. The topological polar surface area (TPSA) is 99.3 Å². The van der Waals surface area contributed by atoms with Crippen LogP contribution < -0.4 is 10.1 Å². The molecule has 0 aliphatic heterocycles. The normalized spacial score (nSPS) is 10.7. The fourth-order valence-electron chi connectivity index (χ4n) is 3.90. The molecule has 38 heavy (non-hydrogen) atoms. The number of amides is 1. The number of para-hydroxylation sites is 1. The largest absolute Gasteiger partial charge is 0.457 e. The van der Waals surface area contributed by atoms with E-state index < -0.39 is 10.8 Å². The second-order valence-electron chi connectivity index (χ2n) is 8.48. The van der Waals surface area contributed by atoms with Crippen molar-refractivity contribution in [2.75, 3.05) is 5.32 Å². The number of halogens is 1. The maximum absolute atomic E-state index is 13.5. The number of aromatic nitrogens is 2. The average molecular weight is 525 g/mol. The van der Waals surface area contributed by atoms with Crippen LogP contribution in [0.4, 0.5) is 11.4 Å². The van der Waals surface area contributed by atoms with Gasteiger partial charge in [-0.1, -0.05) is 60.1 Å². The first-order valence-corrected chi connectivity index (χ1v) is 12.0. The lowest BCUT2D eigenvalue weighted by atomic mass is 10.1. The fourth-order valence-corrected chi connectivity index (χ4v) is 4.01. The van der Waals surface area contributed by atoms with E-state index in [2.05, 4.69) is 10.4 Å². The van der Waals surface area contributed by atoms with Crippen molar-refractivity contribution in [2.24, 2.45) is 0 Å². The van der Waals surface area contributed by atoms with E-state index in [4.69, 9.17) is 16.3 Å². The smallest absolute Gasteiger partial charge is 0.275 e. The standard InChI is InChI=1S/C29H21ClN4O4/c1-19-14-24(12-13-27(19)30)38-25-16-21(15-23(17-25)34(36)37)31-29(35)26-18-33(22-10-6-3-7-11-22)32-28(26)20-8-4-2-5-9-20/h2-18H,1H3,(H,31,35). The van der Waals surface area contributed by atoms with E-state index in [0.29, 0.717) is 22.0 Å². The number of benzene rings is 4. The third kappa shape index (κ3) is 5.40. The zero-order valence-electron chi connectivity index (χ0n) is 20.2. The van der Waals surface area contributed by atoms with Crippen LogP contribution in [0.15, 0.2) is 103 Å². The Morgan fingerprint density at radius 1 is 0.947 bits per heavy atom. The van der Waals surface area contributed by atoms with E-state index in [9.17, 15) is 14.9 Å². The Hall–Kier alpha value is -4.95. The molecule has 0 bridgehead atoms. The number of anilines is 1. The number of nitro groups is 1. The van der Waals surface area contributed by atoms with Gasteiger partial charge in [0.1, 0.15) is 17.2 Å². The Morgan fingerprint density at radius 3 is 2.34 bits per heavy atom. The molecule has 0 spiro atoms. The summed E-state index contributed by atoms with van der Waals surface area (Å²) in [6.45, 7) is 1.83. The zero-order valence-corrected chi connectivity index (χ0v) is 20.9. The molecular formula is C29H21ClN4O4. The van der Waals surface area contributed by atoms with Gasteiger partial charge in [0.25, 0.3) is 11.6 Å². The van der Waals surface area contributed by atoms with Gasteiger partial charge in [0, 0.05) is 28.9 Å². The molecule has 0 aliphatic rings. The summed E-state index contributed by atoms with van der Waals surface area (Å²) < 4.78 is 7.48. The van der Waals surface area contributed by atoms with Crippen LogP contribution in [-0.4, -0.2) is 20.6 Å². The minimum atomic E-state index is -0.543. The molecule has 5 rings (SSSR count). The number of nitrogens with zero attached hydrogens (tertiary/aromatic N) is 3. The van der Waals surface area contributed by atoms with Crippen LogP contribution in [0.5, 0.6) is 11.5 Å². The van der Waals surface area contributed by atoms with Crippen LogP contribution >= 0.6 is 11.6 Å². The van der Waals surface area contributed by atoms with Crippen LogP contribution in [0.25, 0.3) is 16.9 Å². The number of rotatable bonds is 7. The molecule has 1 amide bonds. The maximum atomic E-state index is 13.5. The van der Waals surface area contributed by atoms with Gasteiger partial charge in [-0.25, -0.2) is 4.68 Å². The van der Waals surface area contributed by atoms with Crippen molar-refractivity contribution >= 4 is 28.9 Å². The molecule has 1 heterocycles. The third-order valence-electron chi connectivity index (χ3n) is 5.75. The van der Waals surface area contributed by atoms with Crippen molar-refractivity contribution in [3.05, 3.63) is 130 Å². The lowest BCUT2D eigenvalue weighted by molar-refractivity contribution is -0.384. The minimum absolute atomic E-state index is 0.194. The second-order valence-corrected chi connectivity index (χ2v) is 8.88. The van der Waals surface area contributed by atoms with E-state index in [1.807, 2.05) is 67.6 Å². The highest BCUT2D eigenvalue weighted by atomic mass is 35.5. The van der Waals surface area contributed by atoms with Gasteiger partial charge in [-0.2, -0.15) is 5.10 Å². The highest BCUT2D eigenvalue weighted by molar-refractivity contribution is 6.31. The molecule has 1 aromatic heterocycles. The Bertz CT molecular complexity index is 1640. The summed E-state index contributed by atoms with van der Waals surface area (Å²) in [7, 11) is 0. The summed E-state index contributed by atoms with van der Waals surface area (Å²) in [4.78, 5) is 24.6. The first-order chi connectivity index (χ1) is 18.4. The average Bonchev–Trinajstić information content (AvgIpc) is 3.38. The van der Waals surface area contributed by atoms with E-state index in [1.165, 1.54) is 18.2 Å². The molecule has 188 valence electrons. The summed E-state index contributed by atoms with van der Waals surface area (Å²) in [6.07, 6.45) is 1.64. The predicted molar refractivity (Wildman–Crippen MR) is 146 cm³/mol. The lowest BCUT2D eigenvalue weighted by Gasteiger charge is -2.10. The number of nitro benzene ring substituents is 1.